The van der Waals surface area contributed by atoms with Crippen LogP contribution in [0.5, 0.6) is 0 Å². The number of β-amino-alcohol motifs (C(OH)–C–C–N with tert-alkyl or cyclic N) is 1. The average molecular weight is 303 g/mol. The van der Waals surface area contributed by atoms with E-state index in [1.807, 2.05) is 25.1 Å². The van der Waals surface area contributed by atoms with E-state index >= 15 is 0 Å². The highest BCUT2D eigenvalue weighted by Crippen LogP contribution is 2.24. The monoisotopic (exact) mass is 303 g/mol. The van der Waals surface area contributed by atoms with E-state index in [0.717, 1.165) is 51.3 Å². The molecule has 0 saturated carbocycles. The molecule has 2 atom stereocenters. The van der Waals surface area contributed by atoms with Crippen molar-refractivity contribution in [2.24, 2.45) is 0 Å². The van der Waals surface area contributed by atoms with Gasteiger partial charge in [0.15, 0.2) is 0 Å². The highest BCUT2D eigenvalue weighted by molar-refractivity contribution is 5.96. The maximum Gasteiger partial charge on any atom is 0.241 e. The van der Waals surface area contributed by atoms with Crippen LogP contribution in [0.1, 0.15) is 18.9 Å². The predicted molar refractivity (Wildman–Crippen MR) is 86.9 cm³/mol. The van der Waals surface area contributed by atoms with E-state index < -0.39 is 0 Å². The van der Waals surface area contributed by atoms with Crippen LogP contribution < -0.4 is 5.32 Å². The molecule has 1 saturated heterocycles. The van der Waals surface area contributed by atoms with Crippen LogP contribution in [0.15, 0.2) is 24.3 Å². The molecule has 1 aromatic carbocycles. The number of nitrogens with one attached hydrogen (secondary N) is 1. The second-order valence-corrected chi connectivity index (χ2v) is 6.39. The molecule has 5 heteroatoms. The summed E-state index contributed by atoms with van der Waals surface area (Å²) in [7, 11) is 0. The molecule has 3 rings (SSSR count). The zero-order chi connectivity index (χ0) is 15.5. The van der Waals surface area contributed by atoms with Crippen molar-refractivity contribution in [3.8, 4) is 0 Å². The Morgan fingerprint density at radius 1 is 1.27 bits per heavy atom. The highest BCUT2D eigenvalue weighted by atomic mass is 16.3. The van der Waals surface area contributed by atoms with Gasteiger partial charge in [-0.15, -0.1) is 0 Å². The molecule has 2 heterocycles. The summed E-state index contributed by atoms with van der Waals surface area (Å²) in [5.41, 5.74) is 2.19. The minimum atomic E-state index is -0.290. The third kappa shape index (κ3) is 3.48. The first-order chi connectivity index (χ1) is 10.6. The smallest absolute Gasteiger partial charge is 0.241 e. The van der Waals surface area contributed by atoms with Gasteiger partial charge in [0.2, 0.25) is 5.91 Å². The number of aryl methyl sites for hydroxylation is 1. The fraction of sp³-hybridized carbons (Fsp3) is 0.588. The summed E-state index contributed by atoms with van der Waals surface area (Å²) in [6.45, 7) is 6.16. The number of amides is 1. The summed E-state index contributed by atoms with van der Waals surface area (Å²) < 4.78 is 0. The van der Waals surface area contributed by atoms with E-state index in [1.54, 1.807) is 0 Å². The van der Waals surface area contributed by atoms with Gasteiger partial charge in [-0.25, -0.2) is 0 Å². The van der Waals surface area contributed by atoms with Crippen molar-refractivity contribution >= 4 is 11.6 Å². The molecule has 2 aliphatic heterocycles. The first-order valence-electron chi connectivity index (χ1n) is 8.17. The van der Waals surface area contributed by atoms with Gasteiger partial charge in [-0.2, -0.15) is 0 Å². The number of carbonyl (C=O) groups is 1. The Bertz CT molecular complexity index is 524. The lowest BCUT2D eigenvalue weighted by Crippen LogP contribution is -2.54. The molecule has 120 valence electrons. The van der Waals surface area contributed by atoms with Crippen molar-refractivity contribution in [2.45, 2.75) is 31.9 Å². The molecule has 1 unspecified atom stereocenters. The number of aliphatic hydroxyl groups excluding tert-OH is 1. The molecule has 2 aliphatic rings. The third-order valence-electron chi connectivity index (χ3n) is 4.64. The summed E-state index contributed by atoms with van der Waals surface area (Å²) in [5, 5.41) is 12.6. The number of fused-ring (bicyclic) bond motifs is 1. The molecular formula is C17H25N3O2. The quantitative estimate of drug-likeness (QED) is 0.872. The second-order valence-electron chi connectivity index (χ2n) is 6.39. The van der Waals surface area contributed by atoms with Gasteiger partial charge in [-0.1, -0.05) is 18.2 Å². The SMILES string of the molecule is C[C@@H](O)CN1CCN(C2CCc3ccccc3NC2=O)CC1. The Morgan fingerprint density at radius 3 is 2.73 bits per heavy atom. The normalized spacial score (nSPS) is 25.2. The molecular weight excluding hydrogens is 278 g/mol. The summed E-state index contributed by atoms with van der Waals surface area (Å²) in [5.74, 6) is 0.119. The summed E-state index contributed by atoms with van der Waals surface area (Å²) in [6, 6.07) is 8.03. The Morgan fingerprint density at radius 2 is 2.00 bits per heavy atom. The van der Waals surface area contributed by atoms with Crippen molar-refractivity contribution in [2.75, 3.05) is 38.0 Å². The molecule has 0 radical (unpaired) electrons. The molecule has 0 aliphatic carbocycles. The number of aliphatic hydroxyl groups is 1. The minimum absolute atomic E-state index is 0.0406. The van der Waals surface area contributed by atoms with Crippen LogP contribution in [0.3, 0.4) is 0 Å². The largest absolute Gasteiger partial charge is 0.392 e. The van der Waals surface area contributed by atoms with E-state index in [-0.39, 0.29) is 18.1 Å². The van der Waals surface area contributed by atoms with Crippen molar-refractivity contribution in [1.29, 1.82) is 0 Å². The van der Waals surface area contributed by atoms with Gasteiger partial charge < -0.3 is 10.4 Å². The maximum atomic E-state index is 12.5. The van der Waals surface area contributed by atoms with Crippen LogP contribution in [0.4, 0.5) is 5.69 Å². The summed E-state index contributed by atoms with van der Waals surface area (Å²) in [4.78, 5) is 17.1. The van der Waals surface area contributed by atoms with E-state index in [9.17, 15) is 9.90 Å². The van der Waals surface area contributed by atoms with Gasteiger partial charge in [0.25, 0.3) is 0 Å². The number of piperazine rings is 1. The van der Waals surface area contributed by atoms with Crippen LogP contribution >= 0.6 is 0 Å². The Kier molecular flexibility index (Phi) is 4.76. The third-order valence-corrected chi connectivity index (χ3v) is 4.64. The molecule has 0 aromatic heterocycles. The lowest BCUT2D eigenvalue weighted by atomic mass is 10.0. The number of rotatable bonds is 3. The Labute approximate surface area is 131 Å². The van der Waals surface area contributed by atoms with Crippen molar-refractivity contribution < 1.29 is 9.90 Å². The lowest BCUT2D eigenvalue weighted by molar-refractivity contribution is -0.122. The Balaban J connectivity index is 1.61. The molecule has 2 N–H and O–H groups in total. The average Bonchev–Trinajstić information content (AvgIpc) is 2.66. The molecule has 1 aromatic rings. The molecule has 0 spiro atoms. The fourth-order valence-corrected chi connectivity index (χ4v) is 3.48. The van der Waals surface area contributed by atoms with Gasteiger partial charge in [0.1, 0.15) is 0 Å². The van der Waals surface area contributed by atoms with Gasteiger partial charge in [-0.05, 0) is 31.4 Å². The van der Waals surface area contributed by atoms with Crippen molar-refractivity contribution in [3.05, 3.63) is 29.8 Å². The van der Waals surface area contributed by atoms with E-state index in [4.69, 9.17) is 0 Å². The lowest BCUT2D eigenvalue weighted by Gasteiger charge is -2.38. The van der Waals surface area contributed by atoms with Crippen LogP contribution in [0.25, 0.3) is 0 Å². The number of benzene rings is 1. The summed E-state index contributed by atoms with van der Waals surface area (Å²) in [6.07, 6.45) is 1.52. The zero-order valence-corrected chi connectivity index (χ0v) is 13.2. The number of hydrogen-bond donors (Lipinski definition) is 2. The fourth-order valence-electron chi connectivity index (χ4n) is 3.48. The first kappa shape index (κ1) is 15.5. The summed E-state index contributed by atoms with van der Waals surface area (Å²) >= 11 is 0. The van der Waals surface area contributed by atoms with Crippen LogP contribution in [0.2, 0.25) is 0 Å². The van der Waals surface area contributed by atoms with Crippen LogP contribution in [-0.4, -0.2) is 65.7 Å². The molecule has 0 bridgehead atoms. The molecule has 1 amide bonds. The van der Waals surface area contributed by atoms with E-state index in [0.29, 0.717) is 0 Å². The topological polar surface area (TPSA) is 55.8 Å². The van der Waals surface area contributed by atoms with Crippen LogP contribution in [0, 0.1) is 0 Å². The zero-order valence-electron chi connectivity index (χ0n) is 13.2. The molecule has 1 fully saturated rings. The number of para-hydroxylation sites is 1. The molecule has 5 nitrogen and oxygen atoms in total. The van der Waals surface area contributed by atoms with E-state index in [2.05, 4.69) is 21.2 Å². The van der Waals surface area contributed by atoms with Crippen LogP contribution in [-0.2, 0) is 11.2 Å². The number of anilines is 1. The predicted octanol–water partition coefficient (Wildman–Crippen LogP) is 0.938. The van der Waals surface area contributed by atoms with Gasteiger partial charge in [0.05, 0.1) is 12.1 Å². The van der Waals surface area contributed by atoms with Crippen molar-refractivity contribution in [1.82, 2.24) is 9.80 Å². The maximum absolute atomic E-state index is 12.5. The van der Waals surface area contributed by atoms with Gasteiger partial charge >= 0.3 is 0 Å². The minimum Gasteiger partial charge on any atom is -0.392 e. The van der Waals surface area contributed by atoms with Gasteiger partial charge in [-0.3, -0.25) is 14.6 Å². The van der Waals surface area contributed by atoms with Gasteiger partial charge in [0, 0.05) is 38.4 Å². The Hall–Kier alpha value is -1.43. The number of hydrogen-bond acceptors (Lipinski definition) is 4. The van der Waals surface area contributed by atoms with E-state index in [1.165, 1.54) is 5.56 Å². The molecule has 22 heavy (non-hydrogen) atoms. The standard InChI is InChI=1S/C17H25N3O2/c1-13(21)12-19-8-10-20(11-9-19)16-7-6-14-4-2-3-5-15(14)18-17(16)22/h2-5,13,16,21H,6-12H2,1H3,(H,18,22)/t13-,16?/m1/s1. The first-order valence-corrected chi connectivity index (χ1v) is 8.17. The number of carbonyl (C=O) groups excluding carboxylic acids is 1. The highest BCUT2D eigenvalue weighted by Gasteiger charge is 2.31. The number of nitrogens with zero attached hydrogens (tertiary/aromatic N) is 2. The second kappa shape index (κ2) is 6.77. The van der Waals surface area contributed by atoms with Crippen molar-refractivity contribution in [3.63, 3.8) is 0 Å².